The average molecular weight is 466 g/mol. The normalized spacial score (nSPS) is 18.6. The van der Waals surface area contributed by atoms with Crippen LogP contribution in [0.1, 0.15) is 138 Å². The van der Waals surface area contributed by atoms with Crippen LogP contribution in [0.15, 0.2) is 0 Å². The fraction of sp³-hybridized carbons (Fsp3) is 0.926. The fourth-order valence-electron chi connectivity index (χ4n) is 4.45. The largest absolute Gasteiger partial charge is 0.276 e. The number of likely N-dealkylation sites (tertiary alicyclic amines) is 1. The highest BCUT2D eigenvalue weighted by molar-refractivity contribution is 8.01. The molecule has 3 nitrogen and oxygen atoms in total. The van der Waals surface area contributed by atoms with Gasteiger partial charge in [-0.15, -0.1) is 11.8 Å². The smallest absolute Gasteiger partial charge is 0.243 e. The van der Waals surface area contributed by atoms with Crippen molar-refractivity contribution in [1.29, 1.82) is 0 Å². The van der Waals surface area contributed by atoms with Crippen molar-refractivity contribution < 1.29 is 9.59 Å². The quantitative estimate of drug-likeness (QED) is 0.121. The highest BCUT2D eigenvalue weighted by atomic mass is 32.2. The zero-order valence-electron chi connectivity index (χ0n) is 22.4. The van der Waals surface area contributed by atoms with Gasteiger partial charge in [-0.05, 0) is 32.0 Å². The molecule has 1 rings (SSSR count). The number of carbonyl (C=O) groups excluding carboxylic acids is 2. The van der Waals surface area contributed by atoms with Crippen LogP contribution in [0.25, 0.3) is 0 Å². The predicted molar refractivity (Wildman–Crippen MR) is 144 cm³/mol. The monoisotopic (exact) mass is 465 g/mol. The van der Waals surface area contributed by atoms with Gasteiger partial charge in [-0.25, -0.2) is 0 Å². The predicted octanol–water partition coefficient (Wildman–Crippen LogP) is 7.33. The molecule has 0 aromatic rings. The van der Waals surface area contributed by atoms with Gasteiger partial charge in [0.25, 0.3) is 0 Å². The topological polar surface area (TPSA) is 37.4 Å². The van der Waals surface area contributed by atoms with Crippen molar-refractivity contribution in [2.75, 3.05) is 0 Å². The van der Waals surface area contributed by atoms with Crippen LogP contribution in [0.3, 0.4) is 0 Å². The first-order chi connectivity index (χ1) is 15.1. The maximum Gasteiger partial charge on any atom is 0.243 e. The Morgan fingerprint density at radius 3 is 1.72 bits per heavy atom. The third-order valence-corrected chi connectivity index (χ3v) is 9.17. The van der Waals surface area contributed by atoms with Crippen molar-refractivity contribution in [3.05, 3.63) is 0 Å². The van der Waals surface area contributed by atoms with Crippen molar-refractivity contribution in [3.63, 3.8) is 0 Å². The third-order valence-electron chi connectivity index (χ3n) is 7.62. The SMILES string of the molecule is BC(C)(C)C(C)(C)N1C(=O)CC(SC(CCCCCCC)CCCCCCCCC)C1=O. The van der Waals surface area contributed by atoms with Crippen LogP contribution in [0.4, 0.5) is 0 Å². The summed E-state index contributed by atoms with van der Waals surface area (Å²) in [5.41, 5.74) is -0.468. The second-order valence-electron chi connectivity index (χ2n) is 11.4. The van der Waals surface area contributed by atoms with Crippen LogP contribution in [0.5, 0.6) is 0 Å². The minimum absolute atomic E-state index is 0.0186. The van der Waals surface area contributed by atoms with E-state index in [1.807, 2.05) is 25.6 Å². The molecule has 0 aromatic heterocycles. The summed E-state index contributed by atoms with van der Waals surface area (Å²) in [6.45, 7) is 12.8. The lowest BCUT2D eigenvalue weighted by molar-refractivity contribution is -0.145. The average Bonchev–Trinajstić information content (AvgIpc) is 2.99. The lowest BCUT2D eigenvalue weighted by Gasteiger charge is -2.45. The summed E-state index contributed by atoms with van der Waals surface area (Å²) >= 11 is 1.82. The Labute approximate surface area is 205 Å². The maximum atomic E-state index is 13.3. The van der Waals surface area contributed by atoms with E-state index in [2.05, 4.69) is 35.5 Å². The molecular weight excluding hydrogens is 413 g/mol. The minimum Gasteiger partial charge on any atom is -0.276 e. The molecule has 1 aliphatic rings. The summed E-state index contributed by atoms with van der Waals surface area (Å²) in [5, 5.41) is 0.176. The van der Waals surface area contributed by atoms with Crippen molar-refractivity contribution in [2.45, 2.75) is 159 Å². The van der Waals surface area contributed by atoms with Gasteiger partial charge in [0.05, 0.1) is 5.25 Å². The van der Waals surface area contributed by atoms with Gasteiger partial charge in [-0.2, -0.15) is 0 Å². The highest BCUT2D eigenvalue weighted by Gasteiger charge is 2.50. The Morgan fingerprint density at radius 1 is 0.844 bits per heavy atom. The lowest BCUT2D eigenvalue weighted by Crippen LogP contribution is -2.54. The summed E-state index contributed by atoms with van der Waals surface area (Å²) in [6, 6.07) is 0. The van der Waals surface area contributed by atoms with E-state index in [1.54, 1.807) is 4.90 Å². The summed E-state index contributed by atoms with van der Waals surface area (Å²) in [7, 11) is 2.12. The van der Waals surface area contributed by atoms with E-state index in [0.29, 0.717) is 11.7 Å². The van der Waals surface area contributed by atoms with E-state index in [1.165, 1.54) is 89.9 Å². The van der Waals surface area contributed by atoms with Gasteiger partial charge < -0.3 is 0 Å². The third kappa shape index (κ3) is 9.43. The molecule has 2 unspecified atom stereocenters. The molecule has 0 saturated carbocycles. The van der Waals surface area contributed by atoms with Gasteiger partial charge >= 0.3 is 0 Å². The molecule has 1 saturated heterocycles. The van der Waals surface area contributed by atoms with Crippen molar-refractivity contribution in [3.8, 4) is 0 Å². The van der Waals surface area contributed by atoms with Crippen LogP contribution in [0, 0.1) is 0 Å². The molecule has 0 spiro atoms. The van der Waals surface area contributed by atoms with Gasteiger partial charge in [-0.1, -0.05) is 105 Å². The number of rotatable bonds is 18. The fourth-order valence-corrected chi connectivity index (χ4v) is 5.98. The standard InChI is InChI=1S/C27H52BNO2S/c1-7-9-11-13-14-16-18-20-22(19-17-15-12-10-8-2)32-23-21-24(30)29(25(23)31)27(5,6)26(3,4)28/h22-23H,7-21,28H2,1-6H3. The van der Waals surface area contributed by atoms with Crippen LogP contribution in [0.2, 0.25) is 5.31 Å². The van der Waals surface area contributed by atoms with Crippen molar-refractivity contribution in [2.24, 2.45) is 0 Å². The van der Waals surface area contributed by atoms with Gasteiger partial charge in [0.15, 0.2) is 0 Å². The molecule has 2 amide bonds. The van der Waals surface area contributed by atoms with E-state index in [9.17, 15) is 9.59 Å². The molecule has 0 bridgehead atoms. The summed E-state index contributed by atoms with van der Waals surface area (Å²) in [4.78, 5) is 27.8. The molecule has 1 fully saturated rings. The Hall–Kier alpha value is -0.445. The van der Waals surface area contributed by atoms with Crippen LogP contribution in [-0.4, -0.2) is 40.6 Å². The van der Waals surface area contributed by atoms with Crippen LogP contribution in [-0.2, 0) is 9.59 Å². The van der Waals surface area contributed by atoms with Gasteiger partial charge in [-0.3, -0.25) is 14.5 Å². The maximum absolute atomic E-state index is 13.3. The summed E-state index contributed by atoms with van der Waals surface area (Å²) in [5.74, 6) is 0.0699. The van der Waals surface area contributed by atoms with E-state index in [-0.39, 0.29) is 22.4 Å². The number of amides is 2. The van der Waals surface area contributed by atoms with E-state index >= 15 is 0 Å². The number of unbranched alkanes of at least 4 members (excludes halogenated alkanes) is 10. The second kappa shape index (κ2) is 14.7. The minimum atomic E-state index is -0.468. The molecule has 5 heteroatoms. The van der Waals surface area contributed by atoms with Crippen molar-refractivity contribution in [1.82, 2.24) is 4.90 Å². The summed E-state index contributed by atoms with van der Waals surface area (Å²) < 4.78 is 0. The Balaban J connectivity index is 2.65. The second-order valence-corrected chi connectivity index (χ2v) is 12.9. The zero-order valence-corrected chi connectivity index (χ0v) is 23.2. The number of imide groups is 1. The van der Waals surface area contributed by atoms with Gasteiger partial charge in [0.1, 0.15) is 7.85 Å². The Bertz CT molecular complexity index is 558. The van der Waals surface area contributed by atoms with Gasteiger partial charge in [0.2, 0.25) is 11.8 Å². The van der Waals surface area contributed by atoms with E-state index in [0.717, 1.165) is 0 Å². The Kier molecular flexibility index (Phi) is 13.6. The molecule has 1 heterocycles. The van der Waals surface area contributed by atoms with Crippen LogP contribution < -0.4 is 0 Å². The molecule has 0 aliphatic carbocycles. The number of nitrogens with zero attached hydrogens (tertiary/aromatic N) is 1. The molecule has 0 radical (unpaired) electrons. The van der Waals surface area contributed by atoms with Gasteiger partial charge in [0, 0.05) is 17.2 Å². The number of carbonyl (C=O) groups is 2. The van der Waals surface area contributed by atoms with E-state index < -0.39 is 5.54 Å². The molecule has 0 N–H and O–H groups in total. The Morgan fingerprint density at radius 2 is 1.28 bits per heavy atom. The molecular formula is C27H52BNO2S. The number of hydrogen-bond acceptors (Lipinski definition) is 3. The molecule has 1 aliphatic heterocycles. The molecule has 2 atom stereocenters. The van der Waals surface area contributed by atoms with Crippen molar-refractivity contribution >= 4 is 31.4 Å². The summed E-state index contributed by atoms with van der Waals surface area (Å²) in [6.07, 6.45) is 18.5. The first-order valence-electron chi connectivity index (χ1n) is 13.6. The molecule has 186 valence electrons. The first kappa shape index (κ1) is 29.6. The molecule has 0 aromatic carbocycles. The zero-order chi connectivity index (χ0) is 24.2. The molecule has 32 heavy (non-hydrogen) atoms. The number of hydrogen-bond donors (Lipinski definition) is 0. The number of thioether (sulfide) groups is 1. The van der Waals surface area contributed by atoms with Crippen LogP contribution >= 0.6 is 11.8 Å². The van der Waals surface area contributed by atoms with E-state index in [4.69, 9.17) is 0 Å². The lowest BCUT2D eigenvalue weighted by atomic mass is 9.59. The highest BCUT2D eigenvalue weighted by Crippen LogP contribution is 2.44. The first-order valence-corrected chi connectivity index (χ1v) is 14.5.